The fourth-order valence-electron chi connectivity index (χ4n) is 3.66. The van der Waals surface area contributed by atoms with Gasteiger partial charge in [0.25, 0.3) is 5.91 Å². The highest BCUT2D eigenvalue weighted by Crippen LogP contribution is 2.28. The molecule has 1 aliphatic heterocycles. The number of halogens is 1. The van der Waals surface area contributed by atoms with Crippen molar-refractivity contribution in [3.63, 3.8) is 0 Å². The van der Waals surface area contributed by atoms with E-state index in [1.807, 2.05) is 24.3 Å². The molecule has 4 rings (SSSR count). The summed E-state index contributed by atoms with van der Waals surface area (Å²) in [6, 6.07) is 13.7. The van der Waals surface area contributed by atoms with Gasteiger partial charge in [0.1, 0.15) is 6.04 Å². The number of nitrogen functional groups attached to an aromatic ring is 1. The van der Waals surface area contributed by atoms with Crippen LogP contribution >= 0.6 is 11.6 Å². The lowest BCUT2D eigenvalue weighted by molar-refractivity contribution is -0.151. The SMILES string of the molecule is CN(C)c1nc(N)nc(COC(=O)[C@@H]2Cc3ccccc3CN2C(=O)c2ccccc2Cl)n1. The number of aromatic nitrogens is 3. The molecule has 2 heterocycles. The first kappa shape index (κ1) is 22.5. The number of rotatable bonds is 5. The summed E-state index contributed by atoms with van der Waals surface area (Å²) in [6.07, 6.45) is 0.327. The summed E-state index contributed by atoms with van der Waals surface area (Å²) in [7, 11) is 3.53. The molecule has 1 aromatic heterocycles. The second kappa shape index (κ2) is 9.41. The van der Waals surface area contributed by atoms with Crippen molar-refractivity contribution in [2.24, 2.45) is 0 Å². The highest BCUT2D eigenvalue weighted by molar-refractivity contribution is 6.33. The first-order chi connectivity index (χ1) is 15.8. The molecule has 0 spiro atoms. The molecular weight excluding hydrogens is 444 g/mol. The first-order valence-electron chi connectivity index (χ1n) is 10.3. The number of fused-ring (bicyclic) bond motifs is 1. The fourth-order valence-corrected chi connectivity index (χ4v) is 3.87. The van der Waals surface area contributed by atoms with Gasteiger partial charge in [0.2, 0.25) is 11.9 Å². The Balaban J connectivity index is 1.58. The Hall–Kier alpha value is -3.72. The molecule has 1 aliphatic rings. The van der Waals surface area contributed by atoms with Gasteiger partial charge in [-0.2, -0.15) is 15.0 Å². The minimum absolute atomic E-state index is 0.0295. The van der Waals surface area contributed by atoms with Crippen molar-refractivity contribution in [1.29, 1.82) is 0 Å². The van der Waals surface area contributed by atoms with Crippen LogP contribution in [-0.2, 0) is 29.1 Å². The van der Waals surface area contributed by atoms with E-state index >= 15 is 0 Å². The Kier molecular flexibility index (Phi) is 6.41. The summed E-state index contributed by atoms with van der Waals surface area (Å²) < 4.78 is 5.53. The second-order valence-corrected chi connectivity index (χ2v) is 8.22. The van der Waals surface area contributed by atoms with Crippen molar-refractivity contribution in [2.45, 2.75) is 25.6 Å². The second-order valence-electron chi connectivity index (χ2n) is 7.81. The average molecular weight is 467 g/mol. The predicted molar refractivity (Wildman–Crippen MR) is 124 cm³/mol. The molecule has 33 heavy (non-hydrogen) atoms. The van der Waals surface area contributed by atoms with E-state index in [0.29, 0.717) is 23.0 Å². The van der Waals surface area contributed by atoms with Gasteiger partial charge in [0.15, 0.2) is 12.4 Å². The molecule has 0 unspecified atom stereocenters. The number of benzene rings is 2. The van der Waals surface area contributed by atoms with Crippen LogP contribution in [0.25, 0.3) is 0 Å². The van der Waals surface area contributed by atoms with Crippen LogP contribution in [0.3, 0.4) is 0 Å². The molecule has 10 heteroatoms. The van der Waals surface area contributed by atoms with Gasteiger partial charge in [-0.1, -0.05) is 48.0 Å². The molecule has 0 bridgehead atoms. The van der Waals surface area contributed by atoms with Crippen molar-refractivity contribution in [1.82, 2.24) is 19.9 Å². The monoisotopic (exact) mass is 466 g/mol. The molecule has 1 atom stereocenters. The number of nitrogens with two attached hydrogens (primary N) is 1. The van der Waals surface area contributed by atoms with Crippen LogP contribution in [-0.4, -0.2) is 51.9 Å². The zero-order valence-electron chi connectivity index (χ0n) is 18.2. The van der Waals surface area contributed by atoms with Gasteiger partial charge in [-0.05, 0) is 23.3 Å². The summed E-state index contributed by atoms with van der Waals surface area (Å²) in [5.41, 5.74) is 8.04. The van der Waals surface area contributed by atoms with Crippen LogP contribution in [0.4, 0.5) is 11.9 Å². The number of anilines is 2. The molecule has 0 radical (unpaired) electrons. The van der Waals surface area contributed by atoms with E-state index in [0.717, 1.165) is 11.1 Å². The van der Waals surface area contributed by atoms with E-state index in [1.165, 1.54) is 4.90 Å². The number of hydrogen-bond donors (Lipinski definition) is 1. The van der Waals surface area contributed by atoms with Crippen molar-refractivity contribution in [3.8, 4) is 0 Å². The van der Waals surface area contributed by atoms with Gasteiger partial charge in [-0.25, -0.2) is 4.79 Å². The summed E-state index contributed by atoms with van der Waals surface area (Å²) >= 11 is 6.26. The molecule has 9 nitrogen and oxygen atoms in total. The number of nitrogens with zero attached hydrogens (tertiary/aromatic N) is 5. The van der Waals surface area contributed by atoms with Crippen molar-refractivity contribution in [2.75, 3.05) is 24.7 Å². The molecule has 0 saturated carbocycles. The maximum Gasteiger partial charge on any atom is 0.329 e. The lowest BCUT2D eigenvalue weighted by Gasteiger charge is -2.35. The van der Waals surface area contributed by atoms with Crippen molar-refractivity contribution < 1.29 is 14.3 Å². The smallest absolute Gasteiger partial charge is 0.329 e. The van der Waals surface area contributed by atoms with Gasteiger partial charge >= 0.3 is 5.97 Å². The minimum atomic E-state index is -0.823. The third-order valence-corrected chi connectivity index (χ3v) is 5.65. The van der Waals surface area contributed by atoms with E-state index < -0.39 is 12.0 Å². The maximum atomic E-state index is 13.4. The van der Waals surface area contributed by atoms with E-state index in [-0.39, 0.29) is 30.8 Å². The Morgan fingerprint density at radius 3 is 2.52 bits per heavy atom. The number of carbonyl (C=O) groups excluding carboxylic acids is 2. The van der Waals surface area contributed by atoms with Crippen LogP contribution < -0.4 is 10.6 Å². The standard InChI is InChI=1S/C23H23ClN6O3/c1-29(2)23-27-19(26-22(25)28-23)13-33-21(32)18-11-14-7-3-4-8-15(14)12-30(18)20(31)16-9-5-6-10-17(16)24/h3-10,18H,11-13H2,1-2H3,(H2,25,26,27,28)/t18-/m0/s1. The molecule has 1 amide bonds. The first-order valence-corrected chi connectivity index (χ1v) is 10.7. The molecule has 0 saturated heterocycles. The number of ether oxygens (including phenoxy) is 1. The molecule has 2 N–H and O–H groups in total. The molecule has 0 fully saturated rings. The molecule has 170 valence electrons. The molecule has 3 aromatic rings. The van der Waals surface area contributed by atoms with Gasteiger partial charge in [0, 0.05) is 27.1 Å². The summed E-state index contributed by atoms with van der Waals surface area (Å²) in [5.74, 6) is -0.288. The van der Waals surface area contributed by atoms with Crippen LogP contribution in [0.1, 0.15) is 27.3 Å². The Labute approximate surface area is 196 Å². The Morgan fingerprint density at radius 2 is 1.79 bits per heavy atom. The van der Waals surface area contributed by atoms with Crippen LogP contribution in [0, 0.1) is 0 Å². The maximum absolute atomic E-state index is 13.4. The fraction of sp³-hybridized carbons (Fsp3) is 0.261. The molecular formula is C23H23ClN6O3. The molecule has 2 aromatic carbocycles. The topological polar surface area (TPSA) is 115 Å². The van der Waals surface area contributed by atoms with E-state index in [9.17, 15) is 9.59 Å². The van der Waals surface area contributed by atoms with Crippen molar-refractivity contribution in [3.05, 3.63) is 76.1 Å². The van der Waals surface area contributed by atoms with Crippen molar-refractivity contribution >= 4 is 35.4 Å². The Bertz CT molecular complexity index is 1200. The van der Waals surface area contributed by atoms with Gasteiger partial charge in [-0.15, -0.1) is 0 Å². The van der Waals surface area contributed by atoms with Crippen LogP contribution in [0.5, 0.6) is 0 Å². The highest BCUT2D eigenvalue weighted by atomic mass is 35.5. The van der Waals surface area contributed by atoms with Crippen LogP contribution in [0.2, 0.25) is 5.02 Å². The number of esters is 1. The highest BCUT2D eigenvalue weighted by Gasteiger charge is 2.36. The summed E-state index contributed by atoms with van der Waals surface area (Å²) in [6.45, 7) is 0.0716. The number of hydrogen-bond acceptors (Lipinski definition) is 8. The Morgan fingerprint density at radius 1 is 1.09 bits per heavy atom. The van der Waals surface area contributed by atoms with Crippen LogP contribution in [0.15, 0.2) is 48.5 Å². The number of amides is 1. The molecule has 0 aliphatic carbocycles. The van der Waals surface area contributed by atoms with Gasteiger partial charge in [-0.3, -0.25) is 4.79 Å². The zero-order valence-corrected chi connectivity index (χ0v) is 19.0. The average Bonchev–Trinajstić information content (AvgIpc) is 2.81. The van der Waals surface area contributed by atoms with Gasteiger partial charge in [0.05, 0.1) is 10.6 Å². The third-order valence-electron chi connectivity index (χ3n) is 5.32. The lowest BCUT2D eigenvalue weighted by atomic mass is 9.93. The summed E-state index contributed by atoms with van der Waals surface area (Å²) in [4.78, 5) is 42.0. The minimum Gasteiger partial charge on any atom is -0.456 e. The predicted octanol–water partition coefficient (Wildman–Crippen LogP) is 2.48. The summed E-state index contributed by atoms with van der Waals surface area (Å²) in [5, 5.41) is 0.324. The third kappa shape index (κ3) is 4.88. The number of carbonyl (C=O) groups is 2. The van der Waals surface area contributed by atoms with Gasteiger partial charge < -0.3 is 20.3 Å². The van der Waals surface area contributed by atoms with E-state index in [1.54, 1.807) is 43.3 Å². The quantitative estimate of drug-likeness (QED) is 0.570. The largest absolute Gasteiger partial charge is 0.456 e. The van der Waals surface area contributed by atoms with E-state index in [4.69, 9.17) is 22.1 Å². The normalized spacial score (nSPS) is 15.0. The zero-order chi connectivity index (χ0) is 23.5. The lowest BCUT2D eigenvalue weighted by Crippen LogP contribution is -2.49. The van der Waals surface area contributed by atoms with E-state index in [2.05, 4.69) is 15.0 Å².